The summed E-state index contributed by atoms with van der Waals surface area (Å²) >= 11 is 0. The monoisotopic (exact) mass is 251 g/mol. The van der Waals surface area contributed by atoms with Crippen molar-refractivity contribution in [3.63, 3.8) is 0 Å². The highest BCUT2D eigenvalue weighted by Gasteiger charge is 2.33. The second-order valence-corrected chi connectivity index (χ2v) is 6.32. The smallest absolute Gasteiger partial charge is 0.317 e. The highest BCUT2D eigenvalue weighted by atomic mass is 16.2. The third-order valence-electron chi connectivity index (χ3n) is 4.71. The molecule has 2 amide bonds. The van der Waals surface area contributed by atoms with E-state index in [9.17, 15) is 4.79 Å². The van der Waals surface area contributed by atoms with Crippen LogP contribution in [0.2, 0.25) is 0 Å². The van der Waals surface area contributed by atoms with E-state index in [-0.39, 0.29) is 6.03 Å². The summed E-state index contributed by atoms with van der Waals surface area (Å²) in [7, 11) is 0. The van der Waals surface area contributed by atoms with Crippen LogP contribution < -0.4 is 10.6 Å². The zero-order valence-corrected chi connectivity index (χ0v) is 11.2. The first-order chi connectivity index (χ1) is 8.81. The molecule has 4 heteroatoms. The van der Waals surface area contributed by atoms with Crippen molar-refractivity contribution in [2.45, 2.75) is 44.6 Å². The Bertz CT molecular complexity index is 289. The molecule has 0 aromatic heterocycles. The van der Waals surface area contributed by atoms with Crippen LogP contribution in [-0.4, -0.2) is 43.2 Å². The maximum absolute atomic E-state index is 12.3. The molecule has 2 atom stereocenters. The van der Waals surface area contributed by atoms with E-state index in [1.165, 1.54) is 38.5 Å². The van der Waals surface area contributed by atoms with Gasteiger partial charge in [0.15, 0.2) is 0 Å². The first-order valence-electron chi connectivity index (χ1n) is 7.57. The summed E-state index contributed by atoms with van der Waals surface area (Å²) in [5, 5.41) is 6.71. The molecule has 0 aromatic carbocycles. The van der Waals surface area contributed by atoms with Crippen molar-refractivity contribution in [2.24, 2.45) is 11.8 Å². The van der Waals surface area contributed by atoms with Gasteiger partial charge in [0.1, 0.15) is 0 Å². The molecule has 1 aliphatic carbocycles. The van der Waals surface area contributed by atoms with Crippen LogP contribution in [0.4, 0.5) is 4.79 Å². The van der Waals surface area contributed by atoms with Crippen LogP contribution in [0.15, 0.2) is 0 Å². The summed E-state index contributed by atoms with van der Waals surface area (Å²) < 4.78 is 0. The van der Waals surface area contributed by atoms with Crippen molar-refractivity contribution in [3.8, 4) is 0 Å². The molecule has 1 saturated carbocycles. The lowest BCUT2D eigenvalue weighted by Gasteiger charge is -2.42. The molecule has 2 aliphatic heterocycles. The Labute approximate surface area is 109 Å². The number of carbonyl (C=O) groups excluding carboxylic acids is 1. The van der Waals surface area contributed by atoms with E-state index in [1.807, 2.05) is 0 Å². The Balaban J connectivity index is 1.52. The quantitative estimate of drug-likeness (QED) is 0.743. The van der Waals surface area contributed by atoms with Crippen molar-refractivity contribution in [1.29, 1.82) is 0 Å². The Morgan fingerprint density at radius 3 is 2.39 bits per heavy atom. The molecule has 18 heavy (non-hydrogen) atoms. The number of fused-ring (bicyclic) bond motifs is 2. The van der Waals surface area contributed by atoms with Crippen LogP contribution in [0.5, 0.6) is 0 Å². The van der Waals surface area contributed by atoms with Gasteiger partial charge in [-0.1, -0.05) is 19.3 Å². The zero-order chi connectivity index (χ0) is 12.4. The predicted molar refractivity (Wildman–Crippen MR) is 71.4 cm³/mol. The number of nitrogens with zero attached hydrogens (tertiary/aromatic N) is 1. The van der Waals surface area contributed by atoms with Crippen LogP contribution in [0.25, 0.3) is 0 Å². The van der Waals surface area contributed by atoms with Crippen molar-refractivity contribution >= 4 is 6.03 Å². The number of hydrogen-bond acceptors (Lipinski definition) is 2. The molecule has 2 unspecified atom stereocenters. The topological polar surface area (TPSA) is 44.4 Å². The molecule has 3 aliphatic rings. The molecule has 102 valence electrons. The van der Waals surface area contributed by atoms with Gasteiger partial charge in [-0.25, -0.2) is 4.79 Å². The number of piperidine rings is 2. The standard InChI is InChI=1S/C14H25N3O/c18-14(16-13-4-2-1-3-5-13)17-9-11-6-12(10-17)8-15-7-11/h11-13,15H,1-10H2,(H,16,18). The molecule has 0 aromatic rings. The van der Waals surface area contributed by atoms with Crippen molar-refractivity contribution < 1.29 is 4.79 Å². The van der Waals surface area contributed by atoms with E-state index >= 15 is 0 Å². The lowest BCUT2D eigenvalue weighted by molar-refractivity contribution is 0.110. The minimum Gasteiger partial charge on any atom is -0.335 e. The van der Waals surface area contributed by atoms with Crippen LogP contribution in [0.3, 0.4) is 0 Å². The fourth-order valence-electron chi connectivity index (χ4n) is 3.78. The minimum atomic E-state index is 0.193. The van der Waals surface area contributed by atoms with E-state index < -0.39 is 0 Å². The molecule has 2 bridgehead atoms. The Morgan fingerprint density at radius 1 is 1.06 bits per heavy atom. The molecule has 3 rings (SSSR count). The summed E-state index contributed by atoms with van der Waals surface area (Å²) in [6.45, 7) is 4.07. The lowest BCUT2D eigenvalue weighted by Crippen LogP contribution is -2.56. The molecular weight excluding hydrogens is 226 g/mol. The molecule has 0 spiro atoms. The van der Waals surface area contributed by atoms with Crippen molar-refractivity contribution in [1.82, 2.24) is 15.5 Å². The summed E-state index contributed by atoms with van der Waals surface area (Å²) in [6, 6.07) is 0.629. The molecule has 2 saturated heterocycles. The SMILES string of the molecule is O=C(NC1CCCCC1)N1CC2CNCC(C2)C1. The number of likely N-dealkylation sites (tertiary alicyclic amines) is 1. The van der Waals surface area contributed by atoms with Gasteiger partial charge in [0, 0.05) is 19.1 Å². The molecule has 2 heterocycles. The zero-order valence-electron chi connectivity index (χ0n) is 11.2. The van der Waals surface area contributed by atoms with Crippen molar-refractivity contribution in [2.75, 3.05) is 26.2 Å². The fraction of sp³-hybridized carbons (Fsp3) is 0.929. The second kappa shape index (κ2) is 5.47. The average Bonchev–Trinajstić information content (AvgIpc) is 2.39. The van der Waals surface area contributed by atoms with Crippen LogP contribution in [0, 0.1) is 11.8 Å². The van der Waals surface area contributed by atoms with Gasteiger partial charge in [-0.2, -0.15) is 0 Å². The summed E-state index contributed by atoms with van der Waals surface area (Å²) in [4.78, 5) is 14.4. The second-order valence-electron chi connectivity index (χ2n) is 6.32. The van der Waals surface area contributed by atoms with Crippen LogP contribution >= 0.6 is 0 Å². The predicted octanol–water partition coefficient (Wildman–Crippen LogP) is 1.57. The maximum atomic E-state index is 12.3. The van der Waals surface area contributed by atoms with E-state index in [1.54, 1.807) is 0 Å². The Hall–Kier alpha value is -0.770. The number of rotatable bonds is 1. The van der Waals surface area contributed by atoms with Gasteiger partial charge in [0.05, 0.1) is 0 Å². The summed E-state index contributed by atoms with van der Waals surface area (Å²) in [5.74, 6) is 1.35. The first-order valence-corrected chi connectivity index (χ1v) is 7.57. The molecular formula is C14H25N3O. The van der Waals surface area contributed by atoms with Gasteiger partial charge in [-0.15, -0.1) is 0 Å². The highest BCUT2D eigenvalue weighted by Crippen LogP contribution is 2.25. The number of hydrogen-bond donors (Lipinski definition) is 2. The maximum Gasteiger partial charge on any atom is 0.317 e. The molecule has 2 N–H and O–H groups in total. The Morgan fingerprint density at radius 2 is 1.72 bits per heavy atom. The number of carbonyl (C=O) groups is 1. The first kappa shape index (κ1) is 12.3. The summed E-state index contributed by atoms with van der Waals surface area (Å²) in [6.07, 6.45) is 7.55. The average molecular weight is 251 g/mol. The van der Waals surface area contributed by atoms with E-state index in [2.05, 4.69) is 15.5 Å². The molecule has 3 fully saturated rings. The third-order valence-corrected chi connectivity index (χ3v) is 4.71. The van der Waals surface area contributed by atoms with Gasteiger partial charge in [0.2, 0.25) is 0 Å². The van der Waals surface area contributed by atoms with Crippen molar-refractivity contribution in [3.05, 3.63) is 0 Å². The third kappa shape index (κ3) is 2.79. The number of urea groups is 1. The normalized spacial score (nSPS) is 33.2. The molecule has 0 radical (unpaired) electrons. The van der Waals surface area contributed by atoms with Gasteiger partial charge in [0.25, 0.3) is 0 Å². The summed E-state index contributed by atoms with van der Waals surface area (Å²) in [5.41, 5.74) is 0. The van der Waals surface area contributed by atoms with E-state index in [0.29, 0.717) is 17.9 Å². The highest BCUT2D eigenvalue weighted by molar-refractivity contribution is 5.74. The lowest BCUT2D eigenvalue weighted by atomic mass is 9.86. The van der Waals surface area contributed by atoms with Gasteiger partial charge in [-0.3, -0.25) is 0 Å². The van der Waals surface area contributed by atoms with Crippen LogP contribution in [0.1, 0.15) is 38.5 Å². The van der Waals surface area contributed by atoms with Gasteiger partial charge >= 0.3 is 6.03 Å². The fourth-order valence-corrected chi connectivity index (χ4v) is 3.78. The van der Waals surface area contributed by atoms with Crippen LogP contribution in [-0.2, 0) is 0 Å². The number of amides is 2. The van der Waals surface area contributed by atoms with E-state index in [4.69, 9.17) is 0 Å². The number of nitrogens with one attached hydrogen (secondary N) is 2. The van der Waals surface area contributed by atoms with E-state index in [0.717, 1.165) is 26.2 Å². The van der Waals surface area contributed by atoms with Gasteiger partial charge < -0.3 is 15.5 Å². The Kier molecular flexibility index (Phi) is 3.73. The minimum absolute atomic E-state index is 0.193. The largest absolute Gasteiger partial charge is 0.335 e. The van der Waals surface area contributed by atoms with Gasteiger partial charge in [-0.05, 0) is 44.2 Å². The molecule has 4 nitrogen and oxygen atoms in total.